The van der Waals surface area contributed by atoms with Gasteiger partial charge in [0, 0.05) is 38.3 Å². The Morgan fingerprint density at radius 2 is 2.03 bits per heavy atom. The van der Waals surface area contributed by atoms with Crippen LogP contribution in [0.4, 0.5) is 14.5 Å². The van der Waals surface area contributed by atoms with Crippen molar-refractivity contribution in [3.63, 3.8) is 0 Å². The molecule has 2 aromatic rings. The van der Waals surface area contributed by atoms with Gasteiger partial charge in [0.15, 0.2) is 5.96 Å². The molecule has 1 aliphatic rings. The molecule has 1 aliphatic heterocycles. The van der Waals surface area contributed by atoms with Crippen LogP contribution in [0.3, 0.4) is 0 Å². The van der Waals surface area contributed by atoms with Gasteiger partial charge in [0.25, 0.3) is 0 Å². The fraction of sp³-hybridized carbons (Fsp3) is 0.364. The highest BCUT2D eigenvalue weighted by molar-refractivity contribution is 5.80. The van der Waals surface area contributed by atoms with E-state index in [2.05, 4.69) is 15.6 Å². The maximum Gasteiger partial charge on any atom is 0.191 e. The predicted octanol–water partition coefficient (Wildman–Crippen LogP) is 3.48. The summed E-state index contributed by atoms with van der Waals surface area (Å²) in [6, 6.07) is 11.5. The third-order valence-corrected chi connectivity index (χ3v) is 5.05. The summed E-state index contributed by atoms with van der Waals surface area (Å²) in [6.07, 6.45) is 1.86. The number of halogens is 2. The molecule has 0 aliphatic carbocycles. The van der Waals surface area contributed by atoms with Crippen molar-refractivity contribution in [2.45, 2.75) is 32.4 Å². The van der Waals surface area contributed by atoms with Crippen LogP contribution in [0.15, 0.2) is 41.4 Å². The summed E-state index contributed by atoms with van der Waals surface area (Å²) in [5, 5.41) is 15.4. The molecule has 1 saturated heterocycles. The van der Waals surface area contributed by atoms with E-state index < -0.39 is 0 Å². The van der Waals surface area contributed by atoms with E-state index in [0.29, 0.717) is 29.3 Å². The molecular formula is C22H25F2N5. The Morgan fingerprint density at radius 1 is 1.24 bits per heavy atom. The van der Waals surface area contributed by atoms with E-state index in [0.717, 1.165) is 24.9 Å². The third-order valence-electron chi connectivity index (χ3n) is 5.05. The van der Waals surface area contributed by atoms with Gasteiger partial charge in [-0.25, -0.2) is 8.78 Å². The van der Waals surface area contributed by atoms with Gasteiger partial charge in [0.2, 0.25) is 0 Å². The zero-order chi connectivity index (χ0) is 20.8. The summed E-state index contributed by atoms with van der Waals surface area (Å²) >= 11 is 0. The second-order valence-corrected chi connectivity index (χ2v) is 7.23. The zero-order valence-corrected chi connectivity index (χ0v) is 16.7. The molecule has 2 aromatic carbocycles. The fourth-order valence-electron chi connectivity index (χ4n) is 3.53. The highest BCUT2D eigenvalue weighted by Gasteiger charge is 2.23. The van der Waals surface area contributed by atoms with Gasteiger partial charge in [-0.2, -0.15) is 5.26 Å². The minimum Gasteiger partial charge on any atom is -0.367 e. The lowest BCUT2D eigenvalue weighted by atomic mass is 10.0. The molecule has 0 saturated carbocycles. The first-order valence-corrected chi connectivity index (χ1v) is 9.67. The summed E-state index contributed by atoms with van der Waals surface area (Å²) < 4.78 is 28.2. The van der Waals surface area contributed by atoms with Gasteiger partial charge in [0.1, 0.15) is 11.6 Å². The number of hydrogen-bond acceptors (Lipinski definition) is 3. The molecule has 0 spiro atoms. The van der Waals surface area contributed by atoms with Gasteiger partial charge in [-0.05, 0) is 55.7 Å². The molecule has 1 heterocycles. The van der Waals surface area contributed by atoms with E-state index in [-0.39, 0.29) is 24.2 Å². The Hall–Kier alpha value is -3.14. The number of anilines is 1. The van der Waals surface area contributed by atoms with E-state index in [9.17, 15) is 8.78 Å². The second kappa shape index (κ2) is 9.37. The summed E-state index contributed by atoms with van der Waals surface area (Å²) in [4.78, 5) is 6.26. The molecule has 1 fully saturated rings. The van der Waals surface area contributed by atoms with Crippen LogP contribution in [0.25, 0.3) is 0 Å². The number of rotatable bonds is 4. The molecular weight excluding hydrogens is 372 g/mol. The molecule has 1 atom stereocenters. The molecule has 29 heavy (non-hydrogen) atoms. The molecule has 152 valence electrons. The maximum absolute atomic E-state index is 14.3. The number of benzene rings is 2. The second-order valence-electron chi connectivity index (χ2n) is 7.23. The van der Waals surface area contributed by atoms with E-state index in [1.807, 2.05) is 24.0 Å². The largest absolute Gasteiger partial charge is 0.367 e. The monoisotopic (exact) mass is 397 g/mol. The van der Waals surface area contributed by atoms with Crippen molar-refractivity contribution in [3.8, 4) is 6.07 Å². The molecule has 1 unspecified atom stereocenters. The number of nitrogens with zero attached hydrogens (tertiary/aromatic N) is 3. The molecule has 3 rings (SSSR count). The van der Waals surface area contributed by atoms with Gasteiger partial charge in [0.05, 0.1) is 17.3 Å². The summed E-state index contributed by atoms with van der Waals surface area (Å²) in [7, 11) is 1.65. The number of aryl methyl sites for hydroxylation is 1. The normalized spacial score (nSPS) is 17.0. The molecule has 5 nitrogen and oxygen atoms in total. The SMILES string of the molecule is CN=C(NCc1cc(C#N)ccc1F)NC1CCCN(c2cc(C)ccc2F)C1. The van der Waals surface area contributed by atoms with Crippen LogP contribution >= 0.6 is 0 Å². The van der Waals surface area contributed by atoms with Gasteiger partial charge < -0.3 is 15.5 Å². The van der Waals surface area contributed by atoms with Crippen LogP contribution in [-0.2, 0) is 6.54 Å². The summed E-state index contributed by atoms with van der Waals surface area (Å²) in [6.45, 7) is 3.62. The van der Waals surface area contributed by atoms with Crippen molar-refractivity contribution in [2.24, 2.45) is 4.99 Å². The van der Waals surface area contributed by atoms with Crippen molar-refractivity contribution in [3.05, 3.63) is 64.7 Å². The molecule has 2 N–H and O–H groups in total. The summed E-state index contributed by atoms with van der Waals surface area (Å²) in [5.41, 5.74) is 2.46. The van der Waals surface area contributed by atoms with Crippen molar-refractivity contribution in [1.82, 2.24) is 10.6 Å². The van der Waals surface area contributed by atoms with E-state index in [1.54, 1.807) is 13.1 Å². The van der Waals surface area contributed by atoms with Crippen LogP contribution in [-0.4, -0.2) is 32.1 Å². The van der Waals surface area contributed by atoms with Gasteiger partial charge >= 0.3 is 0 Å². The Balaban J connectivity index is 1.62. The Kier molecular flexibility index (Phi) is 6.65. The van der Waals surface area contributed by atoms with Crippen LogP contribution < -0.4 is 15.5 Å². The van der Waals surface area contributed by atoms with Crippen molar-refractivity contribution in [1.29, 1.82) is 5.26 Å². The first-order chi connectivity index (χ1) is 14.0. The topological polar surface area (TPSA) is 63.5 Å². The smallest absolute Gasteiger partial charge is 0.191 e. The number of nitrogens with one attached hydrogen (secondary N) is 2. The average molecular weight is 397 g/mol. The Bertz CT molecular complexity index is 935. The first kappa shape index (κ1) is 20.6. The minimum absolute atomic E-state index is 0.0881. The number of piperidine rings is 1. The molecule has 0 aromatic heterocycles. The van der Waals surface area contributed by atoms with Gasteiger partial charge in [-0.1, -0.05) is 6.07 Å². The average Bonchev–Trinajstić information content (AvgIpc) is 2.74. The minimum atomic E-state index is -0.370. The van der Waals surface area contributed by atoms with E-state index in [4.69, 9.17) is 5.26 Å². The lowest BCUT2D eigenvalue weighted by Crippen LogP contribution is -2.51. The van der Waals surface area contributed by atoms with Crippen molar-refractivity contribution in [2.75, 3.05) is 25.0 Å². The quantitative estimate of drug-likeness (QED) is 0.613. The highest BCUT2D eigenvalue weighted by atomic mass is 19.1. The highest BCUT2D eigenvalue weighted by Crippen LogP contribution is 2.24. The Morgan fingerprint density at radius 3 is 2.79 bits per heavy atom. The number of hydrogen-bond donors (Lipinski definition) is 2. The molecule has 0 amide bonds. The van der Waals surface area contributed by atoms with E-state index >= 15 is 0 Å². The van der Waals surface area contributed by atoms with Crippen molar-refractivity contribution < 1.29 is 8.78 Å². The number of nitriles is 1. The van der Waals surface area contributed by atoms with Crippen LogP contribution in [0.1, 0.15) is 29.5 Å². The van der Waals surface area contributed by atoms with Gasteiger partial charge in [-0.3, -0.25) is 4.99 Å². The molecule has 0 radical (unpaired) electrons. The standard InChI is InChI=1S/C22H25F2N5/c1-15-5-7-20(24)21(10-15)29-9-3-4-18(14-29)28-22(26-2)27-13-17-11-16(12-25)6-8-19(17)23/h5-8,10-11,18H,3-4,9,13-14H2,1-2H3,(H2,26,27,28). The van der Waals surface area contributed by atoms with E-state index in [1.165, 1.54) is 24.3 Å². The number of guanidine groups is 1. The number of aliphatic imine (C=N–C) groups is 1. The van der Waals surface area contributed by atoms with Gasteiger partial charge in [-0.15, -0.1) is 0 Å². The van der Waals surface area contributed by atoms with Crippen LogP contribution in [0.5, 0.6) is 0 Å². The van der Waals surface area contributed by atoms with Crippen molar-refractivity contribution >= 4 is 11.6 Å². The lowest BCUT2D eigenvalue weighted by Gasteiger charge is -2.35. The fourth-order valence-corrected chi connectivity index (χ4v) is 3.53. The van der Waals surface area contributed by atoms with Crippen LogP contribution in [0, 0.1) is 29.9 Å². The Labute approximate surface area is 170 Å². The molecule has 0 bridgehead atoms. The maximum atomic E-state index is 14.3. The van der Waals surface area contributed by atoms with Crippen LogP contribution in [0.2, 0.25) is 0 Å². The summed E-state index contributed by atoms with van der Waals surface area (Å²) in [5.74, 6) is -0.0411. The lowest BCUT2D eigenvalue weighted by molar-refractivity contribution is 0.462. The molecule has 7 heteroatoms. The predicted molar refractivity (Wildman–Crippen MR) is 111 cm³/mol. The third kappa shape index (κ3) is 5.23. The first-order valence-electron chi connectivity index (χ1n) is 9.67. The zero-order valence-electron chi connectivity index (χ0n) is 16.7.